The lowest BCUT2D eigenvalue weighted by atomic mass is 10.1. The number of nitriles is 1. The number of aliphatic hydroxyl groups is 1. The molecule has 12 heavy (non-hydrogen) atoms. The molecule has 1 aliphatic heterocycles. The van der Waals surface area contributed by atoms with Crippen molar-refractivity contribution in [1.29, 1.82) is 5.26 Å². The van der Waals surface area contributed by atoms with Crippen molar-refractivity contribution in [2.45, 2.75) is 11.8 Å². The van der Waals surface area contributed by atoms with Gasteiger partial charge < -0.3 is 10.0 Å². The van der Waals surface area contributed by atoms with Gasteiger partial charge in [-0.3, -0.25) is 0 Å². The molecule has 0 aromatic heterocycles. The molecule has 2 atom stereocenters. The van der Waals surface area contributed by atoms with Crippen molar-refractivity contribution in [1.82, 2.24) is 4.90 Å². The zero-order chi connectivity index (χ0) is 8.97. The highest BCUT2D eigenvalue weighted by molar-refractivity contribution is 6.22. The summed E-state index contributed by atoms with van der Waals surface area (Å²) in [5.41, 5.74) is 0. The van der Waals surface area contributed by atoms with Crippen LogP contribution in [0.2, 0.25) is 0 Å². The fraction of sp³-hybridized carbons (Fsp3) is 0.875. The van der Waals surface area contributed by atoms with E-state index >= 15 is 0 Å². The van der Waals surface area contributed by atoms with Crippen LogP contribution in [0.1, 0.15) is 6.42 Å². The van der Waals surface area contributed by atoms with Gasteiger partial charge in [0.1, 0.15) is 5.38 Å². The molecule has 0 aromatic rings. The Morgan fingerprint density at radius 1 is 1.75 bits per heavy atom. The molecule has 0 saturated carbocycles. The lowest BCUT2D eigenvalue weighted by molar-refractivity contribution is 0.223. The average molecular weight is 189 g/mol. The number of aliphatic hydroxyl groups excluding tert-OH is 1. The lowest BCUT2D eigenvalue weighted by Gasteiger charge is -2.15. The van der Waals surface area contributed by atoms with Crippen LogP contribution in [0.25, 0.3) is 0 Å². The van der Waals surface area contributed by atoms with E-state index < -0.39 is 5.38 Å². The normalized spacial score (nSPS) is 26.9. The number of nitrogens with zero attached hydrogens (tertiary/aromatic N) is 2. The highest BCUT2D eigenvalue weighted by Gasteiger charge is 2.22. The van der Waals surface area contributed by atoms with Gasteiger partial charge in [-0.05, 0) is 18.9 Å². The van der Waals surface area contributed by atoms with E-state index in [2.05, 4.69) is 4.90 Å². The summed E-state index contributed by atoms with van der Waals surface area (Å²) >= 11 is 5.67. The van der Waals surface area contributed by atoms with Crippen molar-refractivity contribution in [2.75, 3.05) is 26.2 Å². The highest BCUT2D eigenvalue weighted by Crippen LogP contribution is 2.16. The zero-order valence-corrected chi connectivity index (χ0v) is 7.67. The number of hydrogen-bond acceptors (Lipinski definition) is 3. The Morgan fingerprint density at radius 2 is 2.50 bits per heavy atom. The maximum atomic E-state index is 8.85. The molecule has 1 N–H and O–H groups in total. The summed E-state index contributed by atoms with van der Waals surface area (Å²) in [5, 5.41) is 16.9. The predicted octanol–water partition coefficient (Wildman–Crippen LogP) is 0.432. The second-order valence-electron chi connectivity index (χ2n) is 3.19. The van der Waals surface area contributed by atoms with Gasteiger partial charge in [-0.1, -0.05) is 0 Å². The number of alkyl halides is 1. The summed E-state index contributed by atoms with van der Waals surface area (Å²) in [6, 6.07) is 1.99. The average Bonchev–Trinajstić information content (AvgIpc) is 2.52. The number of hydrogen-bond donors (Lipinski definition) is 1. The van der Waals surface area contributed by atoms with Crippen LogP contribution in [0, 0.1) is 17.2 Å². The van der Waals surface area contributed by atoms with Crippen LogP contribution in [0.3, 0.4) is 0 Å². The molecule has 0 aromatic carbocycles. The van der Waals surface area contributed by atoms with Gasteiger partial charge in [0.25, 0.3) is 0 Å². The zero-order valence-electron chi connectivity index (χ0n) is 6.91. The third kappa shape index (κ3) is 2.63. The Hall–Kier alpha value is -0.300. The van der Waals surface area contributed by atoms with E-state index in [1.54, 1.807) is 0 Å². The maximum absolute atomic E-state index is 8.85. The van der Waals surface area contributed by atoms with Crippen molar-refractivity contribution >= 4 is 11.6 Å². The molecule has 0 spiro atoms. The van der Waals surface area contributed by atoms with Gasteiger partial charge in [-0.2, -0.15) is 5.26 Å². The fourth-order valence-corrected chi connectivity index (χ4v) is 1.69. The van der Waals surface area contributed by atoms with Crippen molar-refractivity contribution in [3.63, 3.8) is 0 Å². The largest absolute Gasteiger partial charge is 0.396 e. The third-order valence-electron chi connectivity index (χ3n) is 2.19. The number of halogens is 1. The Kier molecular flexibility index (Phi) is 3.80. The minimum atomic E-state index is -0.414. The van der Waals surface area contributed by atoms with Gasteiger partial charge in [-0.15, -0.1) is 11.6 Å². The predicted molar refractivity (Wildman–Crippen MR) is 46.9 cm³/mol. The molecular weight excluding hydrogens is 176 g/mol. The van der Waals surface area contributed by atoms with E-state index in [1.807, 2.05) is 6.07 Å². The minimum absolute atomic E-state index is 0.246. The molecule has 1 heterocycles. The van der Waals surface area contributed by atoms with Crippen LogP contribution in [0.5, 0.6) is 0 Å². The smallest absolute Gasteiger partial charge is 0.133 e. The number of likely N-dealkylation sites (tertiary alicyclic amines) is 1. The van der Waals surface area contributed by atoms with E-state index in [0.717, 1.165) is 19.5 Å². The first-order valence-corrected chi connectivity index (χ1v) is 4.56. The molecule has 1 rings (SSSR count). The van der Waals surface area contributed by atoms with E-state index in [4.69, 9.17) is 22.0 Å². The van der Waals surface area contributed by atoms with Gasteiger partial charge in [0.15, 0.2) is 0 Å². The van der Waals surface area contributed by atoms with Gasteiger partial charge in [0.2, 0.25) is 0 Å². The SMILES string of the molecule is N#CC(Cl)CN1CCC(CO)C1. The highest BCUT2D eigenvalue weighted by atomic mass is 35.5. The second kappa shape index (κ2) is 4.66. The minimum Gasteiger partial charge on any atom is -0.396 e. The molecule has 0 radical (unpaired) electrons. The first-order chi connectivity index (χ1) is 5.76. The maximum Gasteiger partial charge on any atom is 0.133 e. The van der Waals surface area contributed by atoms with Gasteiger partial charge in [-0.25, -0.2) is 0 Å². The van der Waals surface area contributed by atoms with Gasteiger partial charge in [0, 0.05) is 19.7 Å². The van der Waals surface area contributed by atoms with Crippen molar-refractivity contribution in [2.24, 2.45) is 5.92 Å². The van der Waals surface area contributed by atoms with Crippen molar-refractivity contribution < 1.29 is 5.11 Å². The summed E-state index contributed by atoms with van der Waals surface area (Å²) in [6.45, 7) is 2.70. The first-order valence-electron chi connectivity index (χ1n) is 4.13. The second-order valence-corrected chi connectivity index (χ2v) is 3.72. The quantitative estimate of drug-likeness (QED) is 0.654. The van der Waals surface area contributed by atoms with E-state index in [9.17, 15) is 0 Å². The molecule has 1 fully saturated rings. The van der Waals surface area contributed by atoms with E-state index in [1.165, 1.54) is 0 Å². The van der Waals surface area contributed by atoms with Crippen molar-refractivity contribution in [3.05, 3.63) is 0 Å². The molecule has 68 valence electrons. The fourth-order valence-electron chi connectivity index (χ4n) is 1.50. The van der Waals surface area contributed by atoms with Crippen molar-refractivity contribution in [3.8, 4) is 6.07 Å². The lowest BCUT2D eigenvalue weighted by Crippen LogP contribution is -2.27. The van der Waals surface area contributed by atoms with Gasteiger partial charge in [0.05, 0.1) is 6.07 Å². The Labute approximate surface area is 77.5 Å². The third-order valence-corrected chi connectivity index (χ3v) is 2.42. The number of rotatable bonds is 3. The molecule has 0 aliphatic carbocycles. The summed E-state index contributed by atoms with van der Waals surface area (Å²) in [4.78, 5) is 2.13. The molecule has 2 unspecified atom stereocenters. The Morgan fingerprint density at radius 3 is 3.00 bits per heavy atom. The van der Waals surface area contributed by atoms with Crippen LogP contribution in [-0.2, 0) is 0 Å². The summed E-state index contributed by atoms with van der Waals surface area (Å²) < 4.78 is 0. The monoisotopic (exact) mass is 188 g/mol. The Balaban J connectivity index is 2.24. The first kappa shape index (κ1) is 9.79. The topological polar surface area (TPSA) is 47.3 Å². The molecule has 0 amide bonds. The molecule has 4 heteroatoms. The van der Waals surface area contributed by atoms with Crippen LogP contribution >= 0.6 is 11.6 Å². The standard InChI is InChI=1S/C8H13ClN2O/c9-8(3-10)5-11-2-1-7(4-11)6-12/h7-8,12H,1-2,4-6H2. The summed E-state index contributed by atoms with van der Waals surface area (Å²) in [5.74, 6) is 0.382. The summed E-state index contributed by atoms with van der Waals surface area (Å²) in [6.07, 6.45) is 1.02. The summed E-state index contributed by atoms with van der Waals surface area (Å²) in [7, 11) is 0. The molecule has 1 aliphatic rings. The molecule has 3 nitrogen and oxygen atoms in total. The Bertz CT molecular complexity index is 180. The van der Waals surface area contributed by atoms with Crippen LogP contribution in [-0.4, -0.2) is 41.6 Å². The van der Waals surface area contributed by atoms with Gasteiger partial charge >= 0.3 is 0 Å². The van der Waals surface area contributed by atoms with Crippen LogP contribution in [0.4, 0.5) is 0 Å². The molecular formula is C8H13ClN2O. The van der Waals surface area contributed by atoms with E-state index in [-0.39, 0.29) is 6.61 Å². The van der Waals surface area contributed by atoms with Crippen LogP contribution in [0.15, 0.2) is 0 Å². The molecule has 1 saturated heterocycles. The van der Waals surface area contributed by atoms with E-state index in [0.29, 0.717) is 12.5 Å². The molecule has 0 bridgehead atoms. The van der Waals surface area contributed by atoms with Crippen LogP contribution < -0.4 is 0 Å².